The zero-order valence-electron chi connectivity index (χ0n) is 14.3. The molecule has 9 nitrogen and oxygen atoms in total. The van der Waals surface area contributed by atoms with Crippen LogP contribution in [-0.4, -0.2) is 33.8 Å². The van der Waals surface area contributed by atoms with E-state index in [2.05, 4.69) is 10.4 Å². The summed E-state index contributed by atoms with van der Waals surface area (Å²) >= 11 is 0. The molecule has 134 valence electrons. The normalized spacial score (nSPS) is 10.4. The molecule has 0 aliphatic carbocycles. The molecule has 0 aliphatic rings. The first kappa shape index (κ1) is 18.2. The molecular formula is C16H20N4O5. The fourth-order valence-electron chi connectivity index (χ4n) is 2.29. The van der Waals surface area contributed by atoms with E-state index in [0.29, 0.717) is 24.7 Å². The zero-order valence-corrected chi connectivity index (χ0v) is 14.3. The quantitative estimate of drug-likeness (QED) is 0.578. The topological polar surface area (TPSA) is 109 Å². The summed E-state index contributed by atoms with van der Waals surface area (Å²) < 4.78 is 12.2. The van der Waals surface area contributed by atoms with Crippen LogP contribution in [0.4, 0.5) is 5.69 Å². The van der Waals surface area contributed by atoms with Crippen molar-refractivity contribution in [3.05, 3.63) is 45.8 Å². The van der Waals surface area contributed by atoms with E-state index in [1.165, 1.54) is 11.7 Å². The zero-order chi connectivity index (χ0) is 18.4. The van der Waals surface area contributed by atoms with Crippen molar-refractivity contribution < 1.29 is 19.2 Å². The lowest BCUT2D eigenvalue weighted by atomic mass is 10.2. The number of hydrogen-bond acceptors (Lipinski definition) is 6. The van der Waals surface area contributed by atoms with E-state index in [1.807, 2.05) is 13.8 Å². The summed E-state index contributed by atoms with van der Waals surface area (Å²) in [5.41, 5.74) is 0.354. The van der Waals surface area contributed by atoms with E-state index in [4.69, 9.17) is 9.47 Å². The van der Waals surface area contributed by atoms with Crippen LogP contribution in [0.2, 0.25) is 0 Å². The largest absolute Gasteiger partial charge is 0.490 e. The fourth-order valence-corrected chi connectivity index (χ4v) is 2.29. The number of benzene rings is 1. The SMILES string of the molecule is CCOc1ccc(CNC(=O)c2c([N+](=O)[O-])cnn2C)cc1OCC. The third-order valence-electron chi connectivity index (χ3n) is 3.39. The molecule has 0 atom stereocenters. The van der Waals surface area contributed by atoms with Crippen LogP contribution in [0.25, 0.3) is 0 Å². The minimum atomic E-state index is -0.633. The molecule has 1 heterocycles. The van der Waals surface area contributed by atoms with Gasteiger partial charge in [0.2, 0.25) is 5.69 Å². The molecule has 2 aromatic rings. The Balaban J connectivity index is 2.13. The van der Waals surface area contributed by atoms with Gasteiger partial charge in [0.25, 0.3) is 5.91 Å². The van der Waals surface area contributed by atoms with Gasteiger partial charge in [-0.05, 0) is 31.5 Å². The molecule has 0 spiro atoms. The number of carbonyl (C=O) groups is 1. The summed E-state index contributed by atoms with van der Waals surface area (Å²) in [7, 11) is 1.48. The number of nitrogens with zero attached hydrogens (tertiary/aromatic N) is 3. The van der Waals surface area contributed by atoms with Crippen LogP contribution >= 0.6 is 0 Å². The standard InChI is InChI=1S/C16H20N4O5/c1-4-24-13-7-6-11(8-14(13)25-5-2)9-17-16(21)15-12(20(22)23)10-18-19(15)3/h6-8,10H,4-5,9H2,1-3H3,(H,17,21). The number of rotatable bonds is 8. The van der Waals surface area contributed by atoms with E-state index in [-0.39, 0.29) is 17.9 Å². The minimum absolute atomic E-state index is 0.0963. The van der Waals surface area contributed by atoms with Gasteiger partial charge in [0, 0.05) is 13.6 Å². The number of ether oxygens (including phenoxy) is 2. The van der Waals surface area contributed by atoms with E-state index in [1.54, 1.807) is 18.2 Å². The maximum Gasteiger partial charge on any atom is 0.320 e. The molecule has 25 heavy (non-hydrogen) atoms. The van der Waals surface area contributed by atoms with Crippen LogP contribution in [0.3, 0.4) is 0 Å². The molecule has 0 aliphatic heterocycles. The van der Waals surface area contributed by atoms with Gasteiger partial charge in [0.15, 0.2) is 11.5 Å². The molecule has 0 saturated heterocycles. The maximum absolute atomic E-state index is 12.3. The Bertz CT molecular complexity index is 772. The summed E-state index contributed by atoms with van der Waals surface area (Å²) in [4.78, 5) is 22.6. The van der Waals surface area contributed by atoms with Crippen molar-refractivity contribution in [2.45, 2.75) is 20.4 Å². The van der Waals surface area contributed by atoms with E-state index >= 15 is 0 Å². The van der Waals surface area contributed by atoms with Crippen LogP contribution in [-0.2, 0) is 13.6 Å². The van der Waals surface area contributed by atoms with Gasteiger partial charge in [-0.15, -0.1) is 0 Å². The van der Waals surface area contributed by atoms with Gasteiger partial charge in [-0.25, -0.2) is 0 Å². The van der Waals surface area contributed by atoms with Gasteiger partial charge in [0.1, 0.15) is 6.20 Å². The third kappa shape index (κ3) is 4.25. The highest BCUT2D eigenvalue weighted by Crippen LogP contribution is 2.28. The molecule has 1 aromatic carbocycles. The summed E-state index contributed by atoms with van der Waals surface area (Å²) in [5.74, 6) is 0.642. The summed E-state index contributed by atoms with van der Waals surface area (Å²) in [6, 6.07) is 5.33. The lowest BCUT2D eigenvalue weighted by Gasteiger charge is -2.13. The predicted octanol–water partition coefficient (Wildman–Crippen LogP) is 2.06. The summed E-state index contributed by atoms with van der Waals surface area (Å²) in [6.45, 7) is 4.93. The number of aromatic nitrogens is 2. The van der Waals surface area contributed by atoms with Gasteiger partial charge < -0.3 is 14.8 Å². The molecule has 0 bridgehead atoms. The maximum atomic E-state index is 12.3. The van der Waals surface area contributed by atoms with E-state index in [0.717, 1.165) is 11.8 Å². The highest BCUT2D eigenvalue weighted by atomic mass is 16.6. The number of nitro groups is 1. The van der Waals surface area contributed by atoms with Crippen LogP contribution in [0.1, 0.15) is 29.9 Å². The van der Waals surface area contributed by atoms with Crippen molar-refractivity contribution in [2.24, 2.45) is 7.05 Å². The highest BCUT2D eigenvalue weighted by Gasteiger charge is 2.25. The fraction of sp³-hybridized carbons (Fsp3) is 0.375. The van der Waals surface area contributed by atoms with Gasteiger partial charge in [-0.3, -0.25) is 19.6 Å². The van der Waals surface area contributed by atoms with E-state index < -0.39 is 10.8 Å². The summed E-state index contributed by atoms with van der Waals surface area (Å²) in [5, 5.41) is 17.4. The smallest absolute Gasteiger partial charge is 0.320 e. The van der Waals surface area contributed by atoms with Crippen molar-refractivity contribution >= 4 is 11.6 Å². The lowest BCUT2D eigenvalue weighted by Crippen LogP contribution is -2.26. The van der Waals surface area contributed by atoms with Crippen molar-refractivity contribution in [1.82, 2.24) is 15.1 Å². The average Bonchev–Trinajstić information content (AvgIpc) is 2.97. The Morgan fingerprint density at radius 3 is 2.60 bits per heavy atom. The molecule has 1 aromatic heterocycles. The Labute approximate surface area is 144 Å². The van der Waals surface area contributed by atoms with Gasteiger partial charge >= 0.3 is 5.69 Å². The molecule has 9 heteroatoms. The van der Waals surface area contributed by atoms with Crippen LogP contribution in [0, 0.1) is 10.1 Å². The molecule has 1 N–H and O–H groups in total. The molecule has 0 fully saturated rings. The van der Waals surface area contributed by atoms with Gasteiger partial charge in [0.05, 0.1) is 18.1 Å². The second-order valence-corrected chi connectivity index (χ2v) is 5.09. The Kier molecular flexibility index (Phi) is 5.93. The van der Waals surface area contributed by atoms with Crippen molar-refractivity contribution in [3.63, 3.8) is 0 Å². The van der Waals surface area contributed by atoms with Crippen molar-refractivity contribution in [2.75, 3.05) is 13.2 Å². The third-order valence-corrected chi connectivity index (χ3v) is 3.39. The summed E-state index contributed by atoms with van der Waals surface area (Å²) in [6.07, 6.45) is 1.05. The Morgan fingerprint density at radius 2 is 1.96 bits per heavy atom. The predicted molar refractivity (Wildman–Crippen MR) is 89.8 cm³/mol. The number of amides is 1. The van der Waals surface area contributed by atoms with Crippen LogP contribution in [0.15, 0.2) is 24.4 Å². The van der Waals surface area contributed by atoms with E-state index in [9.17, 15) is 14.9 Å². The number of hydrogen-bond donors (Lipinski definition) is 1. The highest BCUT2D eigenvalue weighted by molar-refractivity contribution is 5.96. The molecule has 0 saturated carbocycles. The van der Waals surface area contributed by atoms with Crippen molar-refractivity contribution in [3.8, 4) is 11.5 Å². The van der Waals surface area contributed by atoms with Gasteiger partial charge in [-0.1, -0.05) is 6.07 Å². The van der Waals surface area contributed by atoms with Crippen molar-refractivity contribution in [1.29, 1.82) is 0 Å². The van der Waals surface area contributed by atoms with Crippen LogP contribution in [0.5, 0.6) is 11.5 Å². The average molecular weight is 348 g/mol. The molecule has 1 amide bonds. The monoisotopic (exact) mass is 348 g/mol. The first-order valence-electron chi connectivity index (χ1n) is 7.81. The molecule has 0 unspecified atom stereocenters. The Hall–Kier alpha value is -3.10. The molecule has 2 rings (SSSR count). The molecule has 0 radical (unpaired) electrons. The Morgan fingerprint density at radius 1 is 1.28 bits per heavy atom. The minimum Gasteiger partial charge on any atom is -0.490 e. The van der Waals surface area contributed by atoms with Gasteiger partial charge in [-0.2, -0.15) is 5.10 Å². The van der Waals surface area contributed by atoms with Crippen LogP contribution < -0.4 is 14.8 Å². The first-order chi connectivity index (χ1) is 12.0. The number of aryl methyl sites for hydroxylation is 1. The second kappa shape index (κ2) is 8.13. The second-order valence-electron chi connectivity index (χ2n) is 5.09. The first-order valence-corrected chi connectivity index (χ1v) is 7.81. The number of nitrogens with one attached hydrogen (secondary N) is 1. The number of carbonyl (C=O) groups excluding carboxylic acids is 1. The lowest BCUT2D eigenvalue weighted by molar-refractivity contribution is -0.385. The molecular weight excluding hydrogens is 328 g/mol.